The third-order valence-corrected chi connectivity index (χ3v) is 7.24. The van der Waals surface area contributed by atoms with Gasteiger partial charge in [0, 0.05) is 56.7 Å². The van der Waals surface area contributed by atoms with E-state index >= 15 is 0 Å². The molecule has 0 radical (unpaired) electrons. The predicted molar refractivity (Wildman–Crippen MR) is 126 cm³/mol. The fourth-order valence-electron chi connectivity index (χ4n) is 5.31. The van der Waals surface area contributed by atoms with E-state index in [0.29, 0.717) is 12.0 Å². The maximum atomic E-state index is 5.98. The van der Waals surface area contributed by atoms with Crippen LogP contribution in [0.15, 0.2) is 18.5 Å². The van der Waals surface area contributed by atoms with Gasteiger partial charge in [0.1, 0.15) is 5.82 Å². The average molecular weight is 439 g/mol. The van der Waals surface area contributed by atoms with E-state index in [-0.39, 0.29) is 18.1 Å². The molecule has 32 heavy (non-hydrogen) atoms. The number of nitrogen functional groups attached to an aromatic ring is 1. The minimum absolute atomic E-state index is 0.221. The molecule has 3 saturated heterocycles. The number of likely N-dealkylation sites (tertiary alicyclic amines) is 1. The van der Waals surface area contributed by atoms with Crippen molar-refractivity contribution in [3.8, 4) is 11.3 Å². The van der Waals surface area contributed by atoms with Crippen molar-refractivity contribution in [1.29, 1.82) is 0 Å². The minimum atomic E-state index is 0.221. The highest BCUT2D eigenvalue weighted by Crippen LogP contribution is 2.40. The van der Waals surface area contributed by atoms with Crippen molar-refractivity contribution in [2.75, 3.05) is 61.9 Å². The third kappa shape index (κ3) is 4.11. The van der Waals surface area contributed by atoms with Gasteiger partial charge in [0.25, 0.3) is 0 Å². The topological polar surface area (TPSA) is 96.5 Å². The number of hydrogen-bond acceptors (Lipinski definition) is 9. The highest BCUT2D eigenvalue weighted by molar-refractivity contribution is 5.64. The number of nitrogens with two attached hydrogens (primary N) is 1. The molecule has 3 aliphatic rings. The molecule has 0 aromatic carbocycles. The van der Waals surface area contributed by atoms with E-state index in [1.807, 2.05) is 0 Å². The van der Waals surface area contributed by atoms with Crippen LogP contribution in [0.2, 0.25) is 0 Å². The Morgan fingerprint density at radius 2 is 1.88 bits per heavy atom. The highest BCUT2D eigenvalue weighted by Gasteiger charge is 2.43. The Balaban J connectivity index is 1.46. The molecule has 5 rings (SSSR count). The van der Waals surface area contributed by atoms with Crippen LogP contribution in [-0.2, 0) is 4.74 Å². The van der Waals surface area contributed by atoms with Crippen LogP contribution in [0.4, 0.5) is 17.7 Å². The van der Waals surface area contributed by atoms with Gasteiger partial charge in [-0.1, -0.05) is 6.92 Å². The molecule has 2 atom stereocenters. The van der Waals surface area contributed by atoms with Crippen molar-refractivity contribution in [1.82, 2.24) is 24.8 Å². The summed E-state index contributed by atoms with van der Waals surface area (Å²) < 4.78 is 5.98. The van der Waals surface area contributed by atoms with Crippen molar-refractivity contribution in [2.24, 2.45) is 5.41 Å². The zero-order valence-electron chi connectivity index (χ0n) is 19.4. The summed E-state index contributed by atoms with van der Waals surface area (Å²) in [5.41, 5.74) is 7.89. The summed E-state index contributed by atoms with van der Waals surface area (Å²) >= 11 is 0. The van der Waals surface area contributed by atoms with Crippen molar-refractivity contribution in [2.45, 2.75) is 45.3 Å². The first kappa shape index (κ1) is 21.3. The summed E-state index contributed by atoms with van der Waals surface area (Å²) in [6, 6.07) is 2.31. The second-order valence-corrected chi connectivity index (χ2v) is 9.77. The van der Waals surface area contributed by atoms with Crippen LogP contribution in [0.1, 0.15) is 33.1 Å². The third-order valence-electron chi connectivity index (χ3n) is 7.24. The first-order chi connectivity index (χ1) is 15.4. The van der Waals surface area contributed by atoms with Crippen LogP contribution in [0.3, 0.4) is 0 Å². The number of morpholine rings is 1. The molecule has 172 valence electrons. The fourth-order valence-corrected chi connectivity index (χ4v) is 5.31. The molecule has 2 aromatic heterocycles. The Hall–Kier alpha value is -2.52. The van der Waals surface area contributed by atoms with Crippen LogP contribution in [-0.4, -0.2) is 83.4 Å². The van der Waals surface area contributed by atoms with Crippen molar-refractivity contribution in [3.05, 3.63) is 18.5 Å². The van der Waals surface area contributed by atoms with Crippen LogP contribution in [0.25, 0.3) is 11.3 Å². The quantitative estimate of drug-likeness (QED) is 0.769. The summed E-state index contributed by atoms with van der Waals surface area (Å²) in [6.45, 7) is 10.3. The highest BCUT2D eigenvalue weighted by atomic mass is 16.5. The predicted octanol–water partition coefficient (Wildman–Crippen LogP) is 2.05. The number of aromatic nitrogens is 4. The Kier molecular flexibility index (Phi) is 5.63. The van der Waals surface area contributed by atoms with Gasteiger partial charge < -0.3 is 25.2 Å². The number of rotatable bonds is 4. The Labute approximate surface area is 190 Å². The summed E-state index contributed by atoms with van der Waals surface area (Å²) in [6.07, 6.45) is 7.07. The standard InChI is InChI=1S/C23H34N8O/c1-4-18-12-31(16(2)13-32-18)20-9-19(17-10-25-21(24)26-11-17)27-22(28-20)30-7-5-23(6-8-30)14-29(3)15-23/h9-11,16,18H,4-8,12-15H2,1-3H3,(H2,24,25,26)/t16-,18-/m0/s1. The van der Waals surface area contributed by atoms with Crippen LogP contribution < -0.4 is 15.5 Å². The van der Waals surface area contributed by atoms with Gasteiger partial charge in [0.2, 0.25) is 11.9 Å². The number of nitrogens with zero attached hydrogens (tertiary/aromatic N) is 7. The number of piperidine rings is 1. The molecular weight excluding hydrogens is 404 g/mol. The van der Waals surface area contributed by atoms with Crippen LogP contribution in [0.5, 0.6) is 0 Å². The molecule has 2 N–H and O–H groups in total. The van der Waals surface area contributed by atoms with Gasteiger partial charge in [-0.2, -0.15) is 4.98 Å². The normalized spacial score (nSPS) is 25.7. The molecule has 3 fully saturated rings. The lowest BCUT2D eigenvalue weighted by Crippen LogP contribution is -2.58. The van der Waals surface area contributed by atoms with E-state index in [1.165, 1.54) is 25.9 Å². The zero-order valence-corrected chi connectivity index (χ0v) is 19.4. The minimum Gasteiger partial charge on any atom is -0.374 e. The lowest BCUT2D eigenvalue weighted by atomic mass is 9.72. The van der Waals surface area contributed by atoms with E-state index in [2.05, 4.69) is 51.6 Å². The Morgan fingerprint density at radius 3 is 2.53 bits per heavy atom. The van der Waals surface area contributed by atoms with Crippen LogP contribution in [0, 0.1) is 5.41 Å². The van der Waals surface area contributed by atoms with E-state index in [0.717, 1.165) is 49.1 Å². The molecule has 0 bridgehead atoms. The van der Waals surface area contributed by atoms with Crippen molar-refractivity contribution >= 4 is 17.7 Å². The average Bonchev–Trinajstić information content (AvgIpc) is 2.79. The van der Waals surface area contributed by atoms with Gasteiger partial charge in [-0.15, -0.1) is 0 Å². The van der Waals surface area contributed by atoms with Crippen molar-refractivity contribution in [3.63, 3.8) is 0 Å². The number of hydrogen-bond donors (Lipinski definition) is 1. The smallest absolute Gasteiger partial charge is 0.227 e. The Bertz CT molecular complexity index is 936. The summed E-state index contributed by atoms with van der Waals surface area (Å²) in [5.74, 6) is 2.01. The van der Waals surface area contributed by atoms with Gasteiger partial charge in [-0.3, -0.25) is 0 Å². The maximum absolute atomic E-state index is 5.98. The maximum Gasteiger partial charge on any atom is 0.227 e. The van der Waals surface area contributed by atoms with Gasteiger partial charge in [0.05, 0.1) is 24.4 Å². The molecule has 9 heteroatoms. The second kappa shape index (κ2) is 8.44. The molecule has 0 amide bonds. The molecule has 9 nitrogen and oxygen atoms in total. The van der Waals surface area contributed by atoms with Gasteiger partial charge in [0.15, 0.2) is 0 Å². The molecule has 2 aromatic rings. The lowest BCUT2D eigenvalue weighted by molar-refractivity contribution is 0.00110. The lowest BCUT2D eigenvalue weighted by Gasteiger charge is -2.53. The molecule has 3 aliphatic heterocycles. The monoisotopic (exact) mass is 438 g/mol. The van der Waals surface area contributed by atoms with Crippen LogP contribution >= 0.6 is 0 Å². The van der Waals surface area contributed by atoms with Gasteiger partial charge >= 0.3 is 0 Å². The van der Waals surface area contributed by atoms with E-state index in [4.69, 9.17) is 20.4 Å². The summed E-state index contributed by atoms with van der Waals surface area (Å²) in [5, 5.41) is 0. The largest absolute Gasteiger partial charge is 0.374 e. The van der Waals surface area contributed by atoms with Crippen molar-refractivity contribution < 1.29 is 4.74 Å². The summed E-state index contributed by atoms with van der Waals surface area (Å²) in [4.78, 5) is 25.5. The molecule has 5 heterocycles. The van der Waals surface area contributed by atoms with Gasteiger partial charge in [-0.25, -0.2) is 15.0 Å². The molecule has 0 saturated carbocycles. The molecule has 0 unspecified atom stereocenters. The second-order valence-electron chi connectivity index (χ2n) is 9.77. The van der Waals surface area contributed by atoms with E-state index < -0.39 is 0 Å². The van der Waals surface area contributed by atoms with E-state index in [1.54, 1.807) is 12.4 Å². The zero-order chi connectivity index (χ0) is 22.3. The first-order valence-corrected chi connectivity index (χ1v) is 11.7. The molecule has 1 spiro atoms. The van der Waals surface area contributed by atoms with Gasteiger partial charge in [-0.05, 0) is 38.6 Å². The number of anilines is 3. The molecule has 0 aliphatic carbocycles. The molecular formula is C23H34N8O. The summed E-state index contributed by atoms with van der Waals surface area (Å²) in [7, 11) is 2.21. The SMILES string of the molecule is CC[C@H]1CN(c2cc(-c3cnc(N)nc3)nc(N3CCC4(CC3)CN(C)C4)n2)[C@@H](C)CO1. The first-order valence-electron chi connectivity index (χ1n) is 11.7. The number of ether oxygens (including phenoxy) is 1. The Morgan fingerprint density at radius 1 is 1.16 bits per heavy atom. The van der Waals surface area contributed by atoms with E-state index in [9.17, 15) is 0 Å². The fraction of sp³-hybridized carbons (Fsp3) is 0.652.